The molecule has 7 nitrogen and oxygen atoms in total. The van der Waals surface area contributed by atoms with Gasteiger partial charge in [-0.05, 0) is 24.1 Å². The Hall–Kier alpha value is -2.29. The lowest BCUT2D eigenvalue weighted by molar-refractivity contribution is -0.277. The fourth-order valence-electron chi connectivity index (χ4n) is 3.13. The molecule has 0 saturated carbocycles. The highest BCUT2D eigenvalue weighted by Gasteiger charge is 2.44. The molecule has 2 aromatic carbocycles. The highest BCUT2D eigenvalue weighted by molar-refractivity contribution is 5.94. The van der Waals surface area contributed by atoms with E-state index in [1.807, 2.05) is 24.3 Å². The number of benzene rings is 2. The number of aliphatic hydroxyl groups excluding tert-OH is 4. The molecule has 1 saturated heterocycles. The first-order valence-corrected chi connectivity index (χ1v) is 9.05. The van der Waals surface area contributed by atoms with Crippen LogP contribution in [0.25, 0.3) is 0 Å². The molecule has 3 rings (SSSR count). The van der Waals surface area contributed by atoms with Crippen LogP contribution in [-0.4, -0.2) is 63.5 Å². The number of hydrogen-bond acceptors (Lipinski definition) is 7. The Morgan fingerprint density at radius 1 is 1.00 bits per heavy atom. The van der Waals surface area contributed by atoms with Gasteiger partial charge in [-0.1, -0.05) is 42.5 Å². The van der Waals surface area contributed by atoms with E-state index in [-0.39, 0.29) is 5.78 Å². The quantitative estimate of drug-likeness (QED) is 0.537. The molecular weight excluding hydrogens is 364 g/mol. The summed E-state index contributed by atoms with van der Waals surface area (Å²) in [5.74, 6) is 0.445. The maximum atomic E-state index is 11.4. The largest absolute Gasteiger partial charge is 0.462 e. The number of aliphatic hydroxyl groups is 4. The van der Waals surface area contributed by atoms with Crippen LogP contribution < -0.4 is 4.74 Å². The lowest BCUT2D eigenvalue weighted by Gasteiger charge is -2.39. The third-order valence-electron chi connectivity index (χ3n) is 4.82. The Kier molecular flexibility index (Phi) is 6.43. The van der Waals surface area contributed by atoms with E-state index in [9.17, 15) is 25.2 Å². The Morgan fingerprint density at radius 3 is 2.32 bits per heavy atom. The Labute approximate surface area is 162 Å². The van der Waals surface area contributed by atoms with E-state index < -0.39 is 37.3 Å². The van der Waals surface area contributed by atoms with Gasteiger partial charge < -0.3 is 29.9 Å². The van der Waals surface area contributed by atoms with Crippen molar-refractivity contribution in [3.8, 4) is 5.75 Å². The number of rotatable bonds is 6. The zero-order valence-corrected chi connectivity index (χ0v) is 15.4. The van der Waals surface area contributed by atoms with Crippen molar-refractivity contribution >= 4 is 5.78 Å². The molecule has 0 spiro atoms. The van der Waals surface area contributed by atoms with Crippen LogP contribution in [0.4, 0.5) is 0 Å². The minimum Gasteiger partial charge on any atom is -0.462 e. The van der Waals surface area contributed by atoms with Crippen LogP contribution >= 0.6 is 0 Å². The average Bonchev–Trinajstić information content (AvgIpc) is 2.70. The van der Waals surface area contributed by atoms with E-state index in [4.69, 9.17) is 9.47 Å². The van der Waals surface area contributed by atoms with E-state index in [0.717, 1.165) is 11.1 Å². The second-order valence-electron chi connectivity index (χ2n) is 6.85. The van der Waals surface area contributed by atoms with Gasteiger partial charge in [0.25, 0.3) is 0 Å². The first-order chi connectivity index (χ1) is 13.4. The normalized spacial score (nSPS) is 27.4. The molecule has 150 valence electrons. The van der Waals surface area contributed by atoms with Gasteiger partial charge in [-0.15, -0.1) is 0 Å². The summed E-state index contributed by atoms with van der Waals surface area (Å²) in [6.45, 7) is 0.994. The van der Waals surface area contributed by atoms with Crippen LogP contribution in [0.3, 0.4) is 0 Å². The molecule has 0 bridgehead atoms. The van der Waals surface area contributed by atoms with Crippen molar-refractivity contribution in [1.82, 2.24) is 0 Å². The predicted octanol–water partition coefficient (Wildman–Crippen LogP) is 0.659. The number of ether oxygens (including phenoxy) is 2. The average molecular weight is 388 g/mol. The molecule has 28 heavy (non-hydrogen) atoms. The Bertz CT molecular complexity index is 803. The van der Waals surface area contributed by atoms with Gasteiger partial charge in [-0.25, -0.2) is 0 Å². The zero-order valence-electron chi connectivity index (χ0n) is 15.4. The number of carbonyl (C=O) groups is 1. The van der Waals surface area contributed by atoms with Gasteiger partial charge in [-0.2, -0.15) is 0 Å². The third kappa shape index (κ3) is 4.40. The second-order valence-corrected chi connectivity index (χ2v) is 6.85. The molecule has 2 aromatic rings. The molecule has 7 heteroatoms. The van der Waals surface area contributed by atoms with E-state index in [1.54, 1.807) is 24.3 Å². The fourth-order valence-corrected chi connectivity index (χ4v) is 3.13. The van der Waals surface area contributed by atoms with Crippen molar-refractivity contribution in [2.24, 2.45) is 0 Å². The molecule has 0 unspecified atom stereocenters. The lowest BCUT2D eigenvalue weighted by Crippen LogP contribution is -2.60. The van der Waals surface area contributed by atoms with Gasteiger partial charge >= 0.3 is 0 Å². The zero-order chi connectivity index (χ0) is 20.3. The van der Waals surface area contributed by atoms with Gasteiger partial charge in [0.1, 0.15) is 30.2 Å². The number of hydrogen-bond donors (Lipinski definition) is 4. The van der Waals surface area contributed by atoms with E-state index in [0.29, 0.717) is 17.7 Å². The molecule has 4 N–H and O–H groups in total. The Morgan fingerprint density at radius 2 is 1.68 bits per heavy atom. The topological polar surface area (TPSA) is 116 Å². The third-order valence-corrected chi connectivity index (χ3v) is 4.82. The summed E-state index contributed by atoms with van der Waals surface area (Å²) in [6.07, 6.45) is -6.16. The van der Waals surface area contributed by atoms with Crippen LogP contribution in [0.1, 0.15) is 28.4 Å². The van der Waals surface area contributed by atoms with Crippen LogP contribution in [0.5, 0.6) is 5.75 Å². The predicted molar refractivity (Wildman–Crippen MR) is 100 cm³/mol. The van der Waals surface area contributed by atoms with E-state index in [2.05, 4.69) is 0 Å². The summed E-state index contributed by atoms with van der Waals surface area (Å²) < 4.78 is 11.2. The minimum absolute atomic E-state index is 0.00194. The summed E-state index contributed by atoms with van der Waals surface area (Å²) in [4.78, 5) is 11.4. The molecule has 0 amide bonds. The standard InChI is InChI=1S/C21H24O7/c1-12(23)14-8-6-13(7-9-14)10-15-4-2-3-5-16(15)27-21-20(26)19(25)18(24)17(11-22)28-21/h2-9,17-22,24-26H,10-11H2,1H3/t17-,18-,19+,20-,21-/m1/s1. The van der Waals surface area contributed by atoms with Crippen molar-refractivity contribution in [2.45, 2.75) is 44.1 Å². The lowest BCUT2D eigenvalue weighted by atomic mass is 9.99. The molecule has 0 radical (unpaired) electrons. The highest BCUT2D eigenvalue weighted by atomic mass is 16.7. The van der Waals surface area contributed by atoms with E-state index in [1.165, 1.54) is 6.92 Å². The Balaban J connectivity index is 1.77. The van der Waals surface area contributed by atoms with Crippen molar-refractivity contribution < 1.29 is 34.7 Å². The number of Topliss-reactive ketones (excluding diaryl/α,β-unsaturated/α-hetero) is 1. The molecule has 1 heterocycles. The molecule has 1 fully saturated rings. The van der Waals surface area contributed by atoms with Crippen LogP contribution in [0, 0.1) is 0 Å². The van der Waals surface area contributed by atoms with Gasteiger partial charge in [0.2, 0.25) is 6.29 Å². The summed E-state index contributed by atoms with van der Waals surface area (Å²) >= 11 is 0. The van der Waals surface area contributed by atoms with Gasteiger partial charge in [0.15, 0.2) is 5.78 Å². The SMILES string of the molecule is CC(=O)c1ccc(Cc2ccccc2O[C@@H]2O[C@H](CO)[C@@H](O)[C@H](O)[C@H]2O)cc1. The number of ketones is 1. The minimum atomic E-state index is -1.50. The molecular formula is C21H24O7. The van der Waals surface area contributed by atoms with E-state index >= 15 is 0 Å². The molecule has 0 aromatic heterocycles. The summed E-state index contributed by atoms with van der Waals surface area (Å²) in [7, 11) is 0. The van der Waals surface area contributed by atoms with Gasteiger partial charge in [0.05, 0.1) is 6.61 Å². The maximum Gasteiger partial charge on any atom is 0.229 e. The highest BCUT2D eigenvalue weighted by Crippen LogP contribution is 2.28. The molecule has 5 atom stereocenters. The summed E-state index contributed by atoms with van der Waals surface area (Å²) in [5, 5.41) is 39.3. The van der Waals surface area contributed by atoms with Crippen molar-refractivity contribution in [3.05, 3.63) is 65.2 Å². The first-order valence-electron chi connectivity index (χ1n) is 9.05. The molecule has 0 aliphatic carbocycles. The van der Waals surface area contributed by atoms with Crippen molar-refractivity contribution in [1.29, 1.82) is 0 Å². The summed E-state index contributed by atoms with van der Waals surface area (Å²) in [6, 6.07) is 14.4. The first kappa shape index (κ1) is 20.4. The number of carbonyl (C=O) groups excluding carboxylic acids is 1. The van der Waals surface area contributed by atoms with Crippen LogP contribution in [0.2, 0.25) is 0 Å². The smallest absolute Gasteiger partial charge is 0.229 e. The number of para-hydroxylation sites is 1. The maximum absolute atomic E-state index is 11.4. The molecule has 1 aliphatic heterocycles. The van der Waals surface area contributed by atoms with Gasteiger partial charge in [-0.3, -0.25) is 4.79 Å². The fraction of sp³-hybridized carbons (Fsp3) is 0.381. The second kappa shape index (κ2) is 8.81. The van der Waals surface area contributed by atoms with Crippen molar-refractivity contribution in [3.63, 3.8) is 0 Å². The van der Waals surface area contributed by atoms with Crippen LogP contribution in [0.15, 0.2) is 48.5 Å². The van der Waals surface area contributed by atoms with Crippen LogP contribution in [-0.2, 0) is 11.2 Å². The van der Waals surface area contributed by atoms with Gasteiger partial charge in [0, 0.05) is 12.0 Å². The monoisotopic (exact) mass is 388 g/mol. The molecule has 1 aliphatic rings. The van der Waals surface area contributed by atoms with Crippen molar-refractivity contribution in [2.75, 3.05) is 6.61 Å². The summed E-state index contributed by atoms with van der Waals surface area (Å²) in [5.41, 5.74) is 2.42.